The van der Waals surface area contributed by atoms with Gasteiger partial charge in [-0.25, -0.2) is 0 Å². The Morgan fingerprint density at radius 1 is 1.20 bits per heavy atom. The van der Waals surface area contributed by atoms with E-state index >= 15 is 0 Å². The van der Waals surface area contributed by atoms with Gasteiger partial charge < -0.3 is 9.84 Å². The molecule has 1 rings (SSSR count). The molecule has 0 spiro atoms. The van der Waals surface area contributed by atoms with E-state index in [1.807, 2.05) is 38.1 Å². The van der Waals surface area contributed by atoms with Gasteiger partial charge in [0.25, 0.3) is 0 Å². The van der Waals surface area contributed by atoms with Gasteiger partial charge in [0.15, 0.2) is 5.60 Å². The molecule has 3 nitrogen and oxygen atoms in total. The summed E-state index contributed by atoms with van der Waals surface area (Å²) in [4.78, 5) is 11.1. The van der Waals surface area contributed by atoms with Crippen molar-refractivity contribution < 1.29 is 14.6 Å². The summed E-state index contributed by atoms with van der Waals surface area (Å²) in [5, 5.41) is 9.13. The molecule has 0 aliphatic carbocycles. The molecule has 1 aromatic rings. The second kappa shape index (κ2) is 6.00. The summed E-state index contributed by atoms with van der Waals surface area (Å²) in [6, 6.07) is 7.50. The van der Waals surface area contributed by atoms with Crippen LogP contribution in [-0.2, 0) is 11.2 Å². The van der Waals surface area contributed by atoms with Gasteiger partial charge in [0.2, 0.25) is 0 Å². The minimum absolute atomic E-state index is 0.487. The minimum atomic E-state index is -0.794. The Balaban J connectivity index is 2.79. The van der Waals surface area contributed by atoms with Crippen molar-refractivity contribution in [3.05, 3.63) is 29.8 Å². The lowest BCUT2D eigenvalue weighted by atomic mass is 9.86. The zero-order valence-electron chi connectivity index (χ0n) is 12.8. The van der Waals surface area contributed by atoms with Crippen LogP contribution in [0.3, 0.4) is 0 Å². The van der Waals surface area contributed by atoms with Crippen molar-refractivity contribution in [2.45, 2.75) is 46.6 Å². The molecule has 0 atom stereocenters. The molecule has 0 saturated heterocycles. The van der Waals surface area contributed by atoms with Gasteiger partial charge in [-0.2, -0.15) is 0 Å². The zero-order valence-corrected chi connectivity index (χ0v) is 12.8. The highest BCUT2D eigenvalue weighted by molar-refractivity contribution is 5.74. The largest absolute Gasteiger partial charge is 0.481 e. The monoisotopic (exact) mass is 274 g/mol. The van der Waals surface area contributed by atoms with Crippen LogP contribution in [0.15, 0.2) is 24.3 Å². The van der Waals surface area contributed by atoms with E-state index in [1.54, 1.807) is 20.8 Å². The average Bonchev–Trinajstić information content (AvgIpc) is 2.30. The fourth-order valence-corrected chi connectivity index (χ4v) is 1.88. The standard InChI is InChI=1S/C17H22O3/c1-6-11-17(4,5)20-14-9-7-13(8-10-14)12-16(2,3)15(18)19/h7-10H,12H2,1-5H3,(H,18,19). The van der Waals surface area contributed by atoms with Gasteiger partial charge in [0.1, 0.15) is 5.75 Å². The normalized spacial score (nSPS) is 11.4. The molecular weight excluding hydrogens is 252 g/mol. The van der Waals surface area contributed by atoms with Crippen LogP contribution < -0.4 is 4.74 Å². The van der Waals surface area contributed by atoms with E-state index in [0.717, 1.165) is 11.3 Å². The molecule has 0 aromatic heterocycles. The summed E-state index contributed by atoms with van der Waals surface area (Å²) in [6.07, 6.45) is 0.487. The first kappa shape index (κ1) is 16.1. The van der Waals surface area contributed by atoms with E-state index in [2.05, 4.69) is 11.8 Å². The Morgan fingerprint density at radius 3 is 2.20 bits per heavy atom. The highest BCUT2D eigenvalue weighted by Crippen LogP contribution is 2.24. The van der Waals surface area contributed by atoms with Crippen LogP contribution in [0.1, 0.15) is 40.2 Å². The van der Waals surface area contributed by atoms with Crippen molar-refractivity contribution in [1.82, 2.24) is 0 Å². The van der Waals surface area contributed by atoms with E-state index in [0.29, 0.717) is 6.42 Å². The molecule has 20 heavy (non-hydrogen) atoms. The molecule has 0 aliphatic heterocycles. The van der Waals surface area contributed by atoms with Crippen molar-refractivity contribution >= 4 is 5.97 Å². The van der Waals surface area contributed by atoms with Gasteiger partial charge >= 0.3 is 5.97 Å². The first-order valence-electron chi connectivity index (χ1n) is 6.61. The third-order valence-corrected chi connectivity index (χ3v) is 2.95. The smallest absolute Gasteiger partial charge is 0.309 e. The average molecular weight is 274 g/mol. The number of benzene rings is 1. The Bertz CT molecular complexity index is 528. The Kier molecular flexibility index (Phi) is 4.83. The third kappa shape index (κ3) is 4.62. The highest BCUT2D eigenvalue weighted by atomic mass is 16.5. The molecule has 108 valence electrons. The molecule has 0 aliphatic rings. The molecule has 0 heterocycles. The lowest BCUT2D eigenvalue weighted by Gasteiger charge is -2.22. The van der Waals surface area contributed by atoms with Gasteiger partial charge in [-0.05, 0) is 58.7 Å². The fraction of sp³-hybridized carbons (Fsp3) is 0.471. The van der Waals surface area contributed by atoms with Crippen LogP contribution >= 0.6 is 0 Å². The van der Waals surface area contributed by atoms with Crippen molar-refractivity contribution in [2.75, 3.05) is 0 Å². The molecular formula is C17H22O3. The van der Waals surface area contributed by atoms with Crippen molar-refractivity contribution in [2.24, 2.45) is 5.41 Å². The van der Waals surface area contributed by atoms with Gasteiger partial charge in [-0.1, -0.05) is 18.1 Å². The molecule has 0 radical (unpaired) electrons. The Hall–Kier alpha value is -1.95. The first-order valence-corrected chi connectivity index (χ1v) is 6.61. The summed E-state index contributed by atoms with van der Waals surface area (Å²) in [5.74, 6) is 5.77. The van der Waals surface area contributed by atoms with Gasteiger partial charge in [-0.15, -0.1) is 5.92 Å². The van der Waals surface area contributed by atoms with E-state index in [1.165, 1.54) is 0 Å². The predicted molar refractivity (Wildman–Crippen MR) is 79.7 cm³/mol. The van der Waals surface area contributed by atoms with E-state index < -0.39 is 17.0 Å². The van der Waals surface area contributed by atoms with E-state index in [9.17, 15) is 4.79 Å². The van der Waals surface area contributed by atoms with Crippen molar-refractivity contribution in [1.29, 1.82) is 0 Å². The second-order valence-electron chi connectivity index (χ2n) is 6.00. The van der Waals surface area contributed by atoms with Crippen LogP contribution in [0.5, 0.6) is 5.75 Å². The summed E-state index contributed by atoms with van der Waals surface area (Å²) < 4.78 is 5.78. The lowest BCUT2D eigenvalue weighted by Crippen LogP contribution is -2.26. The maximum atomic E-state index is 11.1. The molecule has 1 aromatic carbocycles. The third-order valence-electron chi connectivity index (χ3n) is 2.95. The minimum Gasteiger partial charge on any atom is -0.481 e. The Morgan fingerprint density at radius 2 is 1.75 bits per heavy atom. The SMILES string of the molecule is CC#CC(C)(C)Oc1ccc(CC(C)(C)C(=O)O)cc1. The topological polar surface area (TPSA) is 46.5 Å². The van der Waals surface area contributed by atoms with Gasteiger partial charge in [0.05, 0.1) is 5.41 Å². The quantitative estimate of drug-likeness (QED) is 0.836. The summed E-state index contributed by atoms with van der Waals surface area (Å²) in [7, 11) is 0. The Labute approximate surface area is 121 Å². The van der Waals surface area contributed by atoms with Crippen molar-refractivity contribution in [3.8, 4) is 17.6 Å². The number of hydrogen-bond acceptors (Lipinski definition) is 2. The van der Waals surface area contributed by atoms with E-state index in [4.69, 9.17) is 9.84 Å². The van der Waals surface area contributed by atoms with Crippen LogP contribution in [0.4, 0.5) is 0 Å². The number of hydrogen-bond donors (Lipinski definition) is 1. The molecule has 0 fully saturated rings. The highest BCUT2D eigenvalue weighted by Gasteiger charge is 2.27. The van der Waals surface area contributed by atoms with Crippen LogP contribution in [0.25, 0.3) is 0 Å². The molecule has 0 amide bonds. The second-order valence-corrected chi connectivity index (χ2v) is 6.00. The lowest BCUT2D eigenvalue weighted by molar-refractivity contribution is -0.146. The molecule has 1 N–H and O–H groups in total. The number of carboxylic acids is 1. The molecule has 3 heteroatoms. The number of ether oxygens (including phenoxy) is 1. The zero-order chi connectivity index (χ0) is 15.4. The van der Waals surface area contributed by atoms with Gasteiger partial charge in [0, 0.05) is 0 Å². The number of carbonyl (C=O) groups is 1. The van der Waals surface area contributed by atoms with Crippen LogP contribution in [0, 0.1) is 17.3 Å². The van der Waals surface area contributed by atoms with E-state index in [-0.39, 0.29) is 0 Å². The summed E-state index contributed by atoms with van der Waals surface area (Å²) >= 11 is 0. The number of carboxylic acid groups (broad SMARTS) is 1. The molecule has 0 bridgehead atoms. The predicted octanol–water partition coefficient (Wildman–Crippen LogP) is 3.52. The maximum absolute atomic E-state index is 11.1. The van der Waals surface area contributed by atoms with Crippen molar-refractivity contribution in [3.63, 3.8) is 0 Å². The van der Waals surface area contributed by atoms with Crippen LogP contribution in [-0.4, -0.2) is 16.7 Å². The summed E-state index contributed by atoms with van der Waals surface area (Å²) in [6.45, 7) is 9.04. The van der Waals surface area contributed by atoms with Gasteiger partial charge in [-0.3, -0.25) is 4.79 Å². The summed E-state index contributed by atoms with van der Waals surface area (Å²) in [5.41, 5.74) is -0.324. The maximum Gasteiger partial charge on any atom is 0.309 e. The molecule has 0 unspecified atom stereocenters. The first-order chi connectivity index (χ1) is 9.16. The van der Waals surface area contributed by atoms with Crippen LogP contribution in [0.2, 0.25) is 0 Å². The number of aliphatic carboxylic acids is 1. The fourth-order valence-electron chi connectivity index (χ4n) is 1.88. The molecule has 0 saturated carbocycles. The number of rotatable bonds is 5.